The average molecular weight is 650 g/mol. The molecule has 236 valence electrons. The first-order chi connectivity index (χ1) is 19.4. The fourth-order valence-corrected chi connectivity index (χ4v) is 6.79. The van der Waals surface area contributed by atoms with Crippen molar-refractivity contribution in [3.8, 4) is 0 Å². The minimum Gasteiger partial charge on any atom is -0.458 e. The van der Waals surface area contributed by atoms with Crippen LogP contribution in [0.5, 0.6) is 0 Å². The zero-order valence-corrected chi connectivity index (χ0v) is 27.3. The Morgan fingerprint density at radius 1 is 1.05 bits per heavy atom. The van der Waals surface area contributed by atoms with Gasteiger partial charge in [-0.2, -0.15) is 0 Å². The molecule has 0 amide bonds. The van der Waals surface area contributed by atoms with Crippen molar-refractivity contribution in [2.24, 2.45) is 10.8 Å². The summed E-state index contributed by atoms with van der Waals surface area (Å²) < 4.78 is 41.5. The minimum absolute atomic E-state index is 0.0607. The van der Waals surface area contributed by atoms with Crippen LogP contribution in [0.4, 0.5) is 5.82 Å². The predicted octanol–water partition coefficient (Wildman–Crippen LogP) is 4.13. The maximum absolute atomic E-state index is 13.5. The number of fused-ring (bicyclic) bond motifs is 1. The van der Waals surface area contributed by atoms with Gasteiger partial charge in [0.2, 0.25) is 0 Å². The van der Waals surface area contributed by atoms with Gasteiger partial charge in [-0.05, 0) is 6.92 Å². The SMILES string of the molecule is CC(C)(C)C(=O)SCCOP(=O)(OCCSC(=O)C(C)(C)C)OCC1OC(c2coc3c(N)ncnc23)C(C)(O)C1O. The van der Waals surface area contributed by atoms with E-state index in [-0.39, 0.29) is 46.4 Å². The topological polar surface area (TPSA) is 194 Å². The van der Waals surface area contributed by atoms with Crippen LogP contribution in [-0.4, -0.2) is 79.5 Å². The van der Waals surface area contributed by atoms with Crippen LogP contribution in [0.2, 0.25) is 0 Å². The normalized spacial score (nSPS) is 23.5. The smallest absolute Gasteiger partial charge is 0.458 e. The molecule has 4 atom stereocenters. The molecule has 2 aromatic rings. The number of phosphoric ester groups is 1. The molecular formula is C26H40N3O10PS2. The first kappa shape index (κ1) is 34.9. The summed E-state index contributed by atoms with van der Waals surface area (Å²) in [5.41, 5.74) is 3.77. The van der Waals surface area contributed by atoms with Crippen LogP contribution in [-0.2, 0) is 32.5 Å². The number of thioether (sulfide) groups is 2. The van der Waals surface area contributed by atoms with Gasteiger partial charge >= 0.3 is 7.82 Å². The van der Waals surface area contributed by atoms with Gasteiger partial charge in [0, 0.05) is 27.9 Å². The second-order valence-electron chi connectivity index (χ2n) is 12.0. The third-order valence-corrected chi connectivity index (χ3v) is 10.2. The standard InChI is InChI=1S/C26H40N3O10PS2/c1-24(2,3)22(31)41-10-8-36-40(34,37-9-11-42-23(32)25(4,5)6)38-13-16-19(30)26(7,33)20(39-16)15-12-35-18-17(15)28-14-29-21(18)27/h12,14,16,19-20,30,33H,8-11,13H2,1-7H3,(H2,27,28,29). The lowest BCUT2D eigenvalue weighted by Crippen LogP contribution is -2.43. The molecule has 0 radical (unpaired) electrons. The summed E-state index contributed by atoms with van der Waals surface area (Å²) in [4.78, 5) is 32.5. The first-order valence-corrected chi connectivity index (χ1v) is 16.7. The maximum atomic E-state index is 13.5. The highest BCUT2D eigenvalue weighted by atomic mass is 32.2. The van der Waals surface area contributed by atoms with Gasteiger partial charge < -0.3 is 25.1 Å². The van der Waals surface area contributed by atoms with E-state index in [0.717, 1.165) is 23.5 Å². The van der Waals surface area contributed by atoms with Crippen molar-refractivity contribution in [2.75, 3.05) is 37.1 Å². The van der Waals surface area contributed by atoms with Gasteiger partial charge in [-0.15, -0.1) is 0 Å². The third kappa shape index (κ3) is 8.54. The Morgan fingerprint density at radius 2 is 1.60 bits per heavy atom. The Kier molecular flexibility index (Phi) is 11.3. The number of aliphatic hydroxyl groups is 2. The van der Waals surface area contributed by atoms with Crippen molar-refractivity contribution < 1.29 is 47.1 Å². The van der Waals surface area contributed by atoms with Gasteiger partial charge in [0.15, 0.2) is 21.6 Å². The Balaban J connectivity index is 1.68. The van der Waals surface area contributed by atoms with E-state index in [4.69, 9.17) is 28.5 Å². The third-order valence-electron chi connectivity index (χ3n) is 6.24. The number of ether oxygens (including phenoxy) is 1. The van der Waals surface area contributed by atoms with Crippen LogP contribution in [0, 0.1) is 10.8 Å². The number of hydrogen-bond acceptors (Lipinski definition) is 15. The molecular weight excluding hydrogens is 609 g/mol. The van der Waals surface area contributed by atoms with Gasteiger partial charge in [-0.3, -0.25) is 23.2 Å². The number of aliphatic hydroxyl groups excluding tert-OH is 1. The molecule has 0 saturated carbocycles. The Hall–Kier alpha value is -1.55. The van der Waals surface area contributed by atoms with Crippen molar-refractivity contribution in [3.05, 3.63) is 18.2 Å². The molecule has 13 nitrogen and oxygen atoms in total. The monoisotopic (exact) mass is 649 g/mol. The van der Waals surface area contributed by atoms with Crippen molar-refractivity contribution in [1.29, 1.82) is 0 Å². The molecule has 4 N–H and O–H groups in total. The van der Waals surface area contributed by atoms with Gasteiger partial charge in [-0.25, -0.2) is 14.5 Å². The molecule has 3 rings (SSSR count). The second kappa shape index (κ2) is 13.6. The van der Waals surface area contributed by atoms with E-state index in [9.17, 15) is 24.4 Å². The summed E-state index contributed by atoms with van der Waals surface area (Å²) in [5, 5.41) is 22.0. The molecule has 0 aliphatic carbocycles. The number of hydrogen-bond donors (Lipinski definition) is 3. The van der Waals surface area contributed by atoms with Crippen LogP contribution in [0.25, 0.3) is 11.1 Å². The van der Waals surface area contributed by atoms with Crippen LogP contribution in [0.15, 0.2) is 17.0 Å². The second-order valence-corrected chi connectivity index (χ2v) is 15.8. The zero-order valence-electron chi connectivity index (χ0n) is 24.8. The number of rotatable bonds is 12. The zero-order chi connectivity index (χ0) is 31.5. The van der Waals surface area contributed by atoms with Crippen molar-refractivity contribution in [1.82, 2.24) is 9.97 Å². The van der Waals surface area contributed by atoms with Crippen molar-refractivity contribution >= 4 is 58.5 Å². The van der Waals surface area contributed by atoms with Crippen LogP contribution >= 0.6 is 31.3 Å². The van der Waals surface area contributed by atoms with Crippen molar-refractivity contribution in [2.45, 2.75) is 72.4 Å². The number of carbonyl (C=O) groups is 2. The van der Waals surface area contributed by atoms with Crippen LogP contribution < -0.4 is 5.73 Å². The highest BCUT2D eigenvalue weighted by Crippen LogP contribution is 2.51. The van der Waals surface area contributed by atoms with E-state index >= 15 is 0 Å². The number of aromatic nitrogens is 2. The average Bonchev–Trinajstić information content (AvgIpc) is 3.41. The summed E-state index contributed by atoms with van der Waals surface area (Å²) in [6.07, 6.45) is -1.17. The highest BCUT2D eigenvalue weighted by Gasteiger charge is 2.54. The molecule has 3 heterocycles. The summed E-state index contributed by atoms with van der Waals surface area (Å²) >= 11 is 2.06. The van der Waals surface area contributed by atoms with Gasteiger partial charge in [0.1, 0.15) is 35.8 Å². The molecule has 1 fully saturated rings. The fourth-order valence-electron chi connectivity index (χ4n) is 3.79. The van der Waals surface area contributed by atoms with E-state index in [2.05, 4.69) is 9.97 Å². The van der Waals surface area contributed by atoms with Gasteiger partial charge in [0.25, 0.3) is 0 Å². The minimum atomic E-state index is -4.24. The number of nitrogens with two attached hydrogens (primary N) is 1. The van der Waals surface area contributed by atoms with Crippen LogP contribution in [0.3, 0.4) is 0 Å². The molecule has 0 spiro atoms. The fraction of sp³-hybridized carbons (Fsp3) is 0.692. The van der Waals surface area contributed by atoms with Crippen LogP contribution in [0.1, 0.15) is 60.1 Å². The number of carbonyl (C=O) groups excluding carboxylic acids is 2. The van der Waals surface area contributed by atoms with Gasteiger partial charge in [0.05, 0.1) is 26.1 Å². The lowest BCUT2D eigenvalue weighted by Gasteiger charge is -2.26. The number of anilines is 1. The largest absolute Gasteiger partial charge is 0.474 e. The molecule has 0 bridgehead atoms. The lowest BCUT2D eigenvalue weighted by atomic mass is 9.89. The Morgan fingerprint density at radius 3 is 2.12 bits per heavy atom. The Bertz CT molecular complexity index is 1270. The molecule has 4 unspecified atom stereocenters. The lowest BCUT2D eigenvalue weighted by molar-refractivity contribution is -0.118. The van der Waals surface area contributed by atoms with E-state index in [1.165, 1.54) is 19.5 Å². The summed E-state index contributed by atoms with van der Waals surface area (Å²) in [5.74, 6) is 0.494. The molecule has 16 heteroatoms. The molecule has 1 aliphatic rings. The first-order valence-electron chi connectivity index (χ1n) is 13.3. The maximum Gasteiger partial charge on any atom is 0.474 e. The highest BCUT2D eigenvalue weighted by molar-refractivity contribution is 8.14. The number of nitrogen functional groups attached to an aromatic ring is 1. The van der Waals surface area contributed by atoms with E-state index < -0.39 is 49.2 Å². The van der Waals surface area contributed by atoms with Gasteiger partial charge in [-0.1, -0.05) is 65.1 Å². The van der Waals surface area contributed by atoms with Crippen molar-refractivity contribution in [3.63, 3.8) is 0 Å². The molecule has 2 aromatic heterocycles. The summed E-state index contributed by atoms with van der Waals surface area (Å²) in [7, 11) is -4.24. The number of nitrogens with zero attached hydrogens (tertiary/aromatic N) is 2. The molecule has 42 heavy (non-hydrogen) atoms. The van der Waals surface area contributed by atoms with E-state index in [1.807, 2.05) is 0 Å². The molecule has 1 aliphatic heterocycles. The molecule has 0 aromatic carbocycles. The number of phosphoric acid groups is 1. The number of furan rings is 1. The quantitative estimate of drug-likeness (QED) is 0.219. The summed E-state index contributed by atoms with van der Waals surface area (Å²) in [6, 6.07) is 0. The van der Waals surface area contributed by atoms with E-state index in [0.29, 0.717) is 11.1 Å². The van der Waals surface area contributed by atoms with E-state index in [1.54, 1.807) is 41.5 Å². The predicted molar refractivity (Wildman–Crippen MR) is 160 cm³/mol. The summed E-state index contributed by atoms with van der Waals surface area (Å²) in [6.45, 7) is 11.4. The molecule has 1 saturated heterocycles. The Labute approximate surface area is 253 Å².